The van der Waals surface area contributed by atoms with Gasteiger partial charge in [-0.2, -0.15) is 5.10 Å². The Bertz CT molecular complexity index is 593. The molecule has 0 fully saturated rings. The van der Waals surface area contributed by atoms with Crippen molar-refractivity contribution in [2.75, 3.05) is 11.9 Å². The molecule has 6 heteroatoms. The van der Waals surface area contributed by atoms with Crippen molar-refractivity contribution in [2.45, 2.75) is 33.3 Å². The zero-order valence-electron chi connectivity index (χ0n) is 12.5. The molecular formula is C15H20N4O2. The van der Waals surface area contributed by atoms with Gasteiger partial charge in [0, 0.05) is 23.5 Å². The van der Waals surface area contributed by atoms with Crippen molar-refractivity contribution < 1.29 is 9.53 Å². The van der Waals surface area contributed by atoms with Gasteiger partial charge in [0.25, 0.3) is 0 Å². The standard InChI is InChI=1S/C15H20N4O2/c1-10(2)21-9-6-13(20)17-15-11(3)14(18-19-15)12-4-7-16-8-5-12/h4-5,7-8,10H,6,9H2,1-3H3,(H2,17,18,19,20). The monoisotopic (exact) mass is 288 g/mol. The molecule has 0 aliphatic carbocycles. The molecule has 0 spiro atoms. The molecule has 0 saturated carbocycles. The zero-order valence-corrected chi connectivity index (χ0v) is 12.5. The van der Waals surface area contributed by atoms with E-state index in [-0.39, 0.29) is 12.0 Å². The molecule has 21 heavy (non-hydrogen) atoms. The number of carbonyl (C=O) groups excluding carboxylic acids is 1. The Labute approximate surface area is 123 Å². The maximum Gasteiger partial charge on any atom is 0.227 e. The summed E-state index contributed by atoms with van der Waals surface area (Å²) >= 11 is 0. The molecule has 2 aromatic heterocycles. The second-order valence-electron chi connectivity index (χ2n) is 5.03. The third-order valence-electron chi connectivity index (χ3n) is 3.02. The Morgan fingerprint density at radius 2 is 2.10 bits per heavy atom. The van der Waals surface area contributed by atoms with E-state index < -0.39 is 0 Å². The van der Waals surface area contributed by atoms with E-state index >= 15 is 0 Å². The average molecular weight is 288 g/mol. The van der Waals surface area contributed by atoms with Crippen LogP contribution < -0.4 is 5.32 Å². The van der Waals surface area contributed by atoms with Gasteiger partial charge in [-0.05, 0) is 32.9 Å². The van der Waals surface area contributed by atoms with Gasteiger partial charge in [0.15, 0.2) is 5.82 Å². The lowest BCUT2D eigenvalue weighted by Crippen LogP contribution is -2.16. The van der Waals surface area contributed by atoms with Crippen LogP contribution in [0, 0.1) is 6.92 Å². The first kappa shape index (κ1) is 15.2. The first-order valence-electron chi connectivity index (χ1n) is 6.94. The smallest absolute Gasteiger partial charge is 0.227 e. The van der Waals surface area contributed by atoms with Crippen LogP contribution in [0.4, 0.5) is 5.82 Å². The van der Waals surface area contributed by atoms with Crippen LogP contribution in [0.2, 0.25) is 0 Å². The number of aromatic nitrogens is 3. The number of aromatic amines is 1. The summed E-state index contributed by atoms with van der Waals surface area (Å²) in [5.41, 5.74) is 2.77. The molecule has 112 valence electrons. The molecule has 0 saturated heterocycles. The highest BCUT2D eigenvalue weighted by Gasteiger charge is 2.13. The molecular weight excluding hydrogens is 268 g/mol. The number of carbonyl (C=O) groups is 1. The van der Waals surface area contributed by atoms with Crippen molar-refractivity contribution in [1.82, 2.24) is 15.2 Å². The minimum absolute atomic E-state index is 0.105. The molecule has 2 N–H and O–H groups in total. The van der Waals surface area contributed by atoms with Crippen LogP contribution in [0.25, 0.3) is 11.3 Å². The maximum atomic E-state index is 11.8. The number of H-pyrrole nitrogens is 1. The summed E-state index contributed by atoms with van der Waals surface area (Å²) in [6, 6.07) is 3.78. The minimum Gasteiger partial charge on any atom is -0.378 e. The number of nitrogens with zero attached hydrogens (tertiary/aromatic N) is 2. The van der Waals surface area contributed by atoms with E-state index in [0.717, 1.165) is 16.8 Å². The number of hydrogen-bond donors (Lipinski definition) is 2. The summed E-state index contributed by atoms with van der Waals surface area (Å²) in [5.74, 6) is 0.447. The Hall–Kier alpha value is -2.21. The van der Waals surface area contributed by atoms with Gasteiger partial charge in [0.2, 0.25) is 5.91 Å². The molecule has 0 atom stereocenters. The molecule has 2 heterocycles. The summed E-state index contributed by atoms with van der Waals surface area (Å²) in [4.78, 5) is 15.8. The molecule has 2 aromatic rings. The van der Waals surface area contributed by atoms with E-state index in [1.165, 1.54) is 0 Å². The van der Waals surface area contributed by atoms with Gasteiger partial charge in [-0.3, -0.25) is 14.9 Å². The SMILES string of the molecule is Cc1c(NC(=O)CCOC(C)C)n[nH]c1-c1ccncc1. The number of rotatable bonds is 6. The zero-order chi connectivity index (χ0) is 15.2. The van der Waals surface area contributed by atoms with Gasteiger partial charge in [-0.1, -0.05) is 0 Å². The summed E-state index contributed by atoms with van der Waals surface area (Å²) < 4.78 is 5.36. The highest BCUT2D eigenvalue weighted by Crippen LogP contribution is 2.25. The second-order valence-corrected chi connectivity index (χ2v) is 5.03. The summed E-state index contributed by atoms with van der Waals surface area (Å²) in [6.45, 7) is 6.21. The van der Waals surface area contributed by atoms with E-state index in [1.807, 2.05) is 32.9 Å². The van der Waals surface area contributed by atoms with Crippen LogP contribution in [-0.4, -0.2) is 33.8 Å². The second kappa shape index (κ2) is 6.99. The number of pyridine rings is 1. The van der Waals surface area contributed by atoms with Crippen molar-refractivity contribution in [3.05, 3.63) is 30.1 Å². The molecule has 0 bridgehead atoms. The van der Waals surface area contributed by atoms with Gasteiger partial charge in [0.1, 0.15) is 0 Å². The first-order valence-corrected chi connectivity index (χ1v) is 6.94. The molecule has 0 aliphatic heterocycles. The van der Waals surface area contributed by atoms with Crippen molar-refractivity contribution in [3.8, 4) is 11.3 Å². The van der Waals surface area contributed by atoms with Crippen LogP contribution in [0.5, 0.6) is 0 Å². The van der Waals surface area contributed by atoms with Gasteiger partial charge in [0.05, 0.1) is 24.8 Å². The fraction of sp³-hybridized carbons (Fsp3) is 0.400. The van der Waals surface area contributed by atoms with E-state index in [2.05, 4.69) is 20.5 Å². The Kier molecular flexibility index (Phi) is 5.05. The molecule has 2 rings (SSSR count). The number of nitrogens with one attached hydrogen (secondary N) is 2. The highest BCUT2D eigenvalue weighted by atomic mass is 16.5. The lowest BCUT2D eigenvalue weighted by Gasteiger charge is -2.07. The largest absolute Gasteiger partial charge is 0.378 e. The third-order valence-corrected chi connectivity index (χ3v) is 3.02. The average Bonchev–Trinajstić information content (AvgIpc) is 2.81. The quantitative estimate of drug-likeness (QED) is 0.856. The third kappa shape index (κ3) is 4.13. The van der Waals surface area contributed by atoms with Gasteiger partial charge in [-0.15, -0.1) is 0 Å². The van der Waals surface area contributed by atoms with Crippen LogP contribution in [0.3, 0.4) is 0 Å². The van der Waals surface area contributed by atoms with E-state index in [1.54, 1.807) is 12.4 Å². The van der Waals surface area contributed by atoms with Gasteiger partial charge < -0.3 is 10.1 Å². The lowest BCUT2D eigenvalue weighted by molar-refractivity contribution is -0.117. The maximum absolute atomic E-state index is 11.8. The van der Waals surface area contributed by atoms with Crippen molar-refractivity contribution in [2.24, 2.45) is 0 Å². The van der Waals surface area contributed by atoms with Crippen LogP contribution in [0.1, 0.15) is 25.8 Å². The Morgan fingerprint density at radius 1 is 1.38 bits per heavy atom. The Balaban J connectivity index is 1.99. The molecule has 0 aliphatic rings. The van der Waals surface area contributed by atoms with E-state index in [9.17, 15) is 4.79 Å². The number of amides is 1. The number of ether oxygens (including phenoxy) is 1. The molecule has 0 unspecified atom stereocenters. The van der Waals surface area contributed by atoms with Crippen molar-refractivity contribution in [1.29, 1.82) is 0 Å². The molecule has 0 aromatic carbocycles. The Morgan fingerprint density at radius 3 is 2.76 bits per heavy atom. The fourth-order valence-corrected chi connectivity index (χ4v) is 1.90. The number of hydrogen-bond acceptors (Lipinski definition) is 4. The van der Waals surface area contributed by atoms with Gasteiger partial charge in [-0.25, -0.2) is 0 Å². The summed E-state index contributed by atoms with van der Waals surface area (Å²) in [5, 5.41) is 9.90. The van der Waals surface area contributed by atoms with Crippen molar-refractivity contribution >= 4 is 11.7 Å². The van der Waals surface area contributed by atoms with Crippen LogP contribution in [-0.2, 0) is 9.53 Å². The molecule has 1 amide bonds. The lowest BCUT2D eigenvalue weighted by atomic mass is 10.1. The fourth-order valence-electron chi connectivity index (χ4n) is 1.90. The predicted molar refractivity (Wildman–Crippen MR) is 80.9 cm³/mol. The van der Waals surface area contributed by atoms with E-state index in [4.69, 9.17) is 4.74 Å². The normalized spacial score (nSPS) is 10.9. The predicted octanol–water partition coefficient (Wildman–Crippen LogP) is 2.53. The first-order chi connectivity index (χ1) is 10.1. The topological polar surface area (TPSA) is 79.9 Å². The van der Waals surface area contributed by atoms with Gasteiger partial charge >= 0.3 is 0 Å². The molecule has 6 nitrogen and oxygen atoms in total. The summed E-state index contributed by atoms with van der Waals surface area (Å²) in [6.07, 6.45) is 3.88. The van der Waals surface area contributed by atoms with Crippen LogP contribution >= 0.6 is 0 Å². The van der Waals surface area contributed by atoms with Crippen molar-refractivity contribution in [3.63, 3.8) is 0 Å². The number of anilines is 1. The minimum atomic E-state index is -0.105. The van der Waals surface area contributed by atoms with E-state index in [0.29, 0.717) is 18.8 Å². The highest BCUT2D eigenvalue weighted by molar-refractivity contribution is 5.91. The molecule has 0 radical (unpaired) electrons. The summed E-state index contributed by atoms with van der Waals surface area (Å²) in [7, 11) is 0. The van der Waals surface area contributed by atoms with Crippen LogP contribution in [0.15, 0.2) is 24.5 Å².